The highest BCUT2D eigenvalue weighted by Gasteiger charge is 2.51. The number of aromatic nitrogens is 2. The highest BCUT2D eigenvalue weighted by molar-refractivity contribution is 6.31. The number of amides is 2. The molecular formula is C18H21ClN4O2. The van der Waals surface area contributed by atoms with Crippen molar-refractivity contribution in [1.29, 1.82) is 0 Å². The molecule has 2 N–H and O–H groups in total. The molecule has 2 aliphatic rings. The zero-order valence-corrected chi connectivity index (χ0v) is 15.1. The number of carbonyl (C=O) groups is 2. The molecule has 2 aromatic rings. The molecule has 1 aromatic carbocycles. The van der Waals surface area contributed by atoms with E-state index in [9.17, 15) is 9.59 Å². The molecular weight excluding hydrogens is 340 g/mol. The number of β-lactam (4-membered cyclic amide) rings is 1. The second-order valence-electron chi connectivity index (χ2n) is 7.56. The lowest BCUT2D eigenvalue weighted by Gasteiger charge is -2.50. The molecule has 2 aliphatic heterocycles. The van der Waals surface area contributed by atoms with E-state index in [1.165, 1.54) is 0 Å². The number of nitrogens with one attached hydrogen (secondary N) is 2. The summed E-state index contributed by atoms with van der Waals surface area (Å²) >= 11 is 6.05. The van der Waals surface area contributed by atoms with Gasteiger partial charge in [-0.15, -0.1) is 0 Å². The Bertz CT molecular complexity index is 852. The largest absolute Gasteiger partial charge is 0.351 e. The highest BCUT2D eigenvalue weighted by Crippen LogP contribution is 2.38. The number of rotatable bonds is 2. The number of H-pyrrole nitrogens is 1. The Kier molecular flexibility index (Phi) is 3.76. The van der Waals surface area contributed by atoms with Crippen LogP contribution < -0.4 is 5.32 Å². The minimum Gasteiger partial charge on any atom is -0.351 e. The van der Waals surface area contributed by atoms with Crippen LogP contribution in [0.1, 0.15) is 37.2 Å². The summed E-state index contributed by atoms with van der Waals surface area (Å²) in [5.41, 5.74) is 0.932. The summed E-state index contributed by atoms with van der Waals surface area (Å²) in [7, 11) is 0. The van der Waals surface area contributed by atoms with Gasteiger partial charge in [-0.1, -0.05) is 11.6 Å². The third-order valence-corrected chi connectivity index (χ3v) is 5.91. The molecule has 2 fully saturated rings. The van der Waals surface area contributed by atoms with Gasteiger partial charge in [-0.25, -0.2) is 0 Å². The van der Waals surface area contributed by atoms with E-state index >= 15 is 0 Å². The third-order valence-electron chi connectivity index (χ3n) is 5.68. The summed E-state index contributed by atoms with van der Waals surface area (Å²) in [6.07, 6.45) is 1.78. The number of carbonyl (C=O) groups excluding carboxylic acids is 2. The Morgan fingerprint density at radius 1 is 1.32 bits per heavy atom. The first-order chi connectivity index (χ1) is 11.9. The molecule has 1 atom stereocenters. The Hall–Kier alpha value is -2.08. The standard InChI is InChI=1S/C18H21ClN4O2/c1-18(2)15(20-17(18)25)10-5-7-23(8-6-10)16(24)14-12-9-11(19)3-4-13(12)21-22-14/h3-4,9-10,15H,5-8H2,1-2H3,(H,20,25)(H,21,22). The molecule has 2 saturated heterocycles. The van der Waals surface area contributed by atoms with E-state index in [4.69, 9.17) is 11.6 Å². The quantitative estimate of drug-likeness (QED) is 0.808. The number of benzene rings is 1. The lowest BCUT2D eigenvalue weighted by atomic mass is 9.68. The minimum absolute atomic E-state index is 0.0659. The molecule has 1 aromatic heterocycles. The van der Waals surface area contributed by atoms with Gasteiger partial charge in [-0.2, -0.15) is 5.10 Å². The van der Waals surface area contributed by atoms with Crippen LogP contribution in [0, 0.1) is 11.3 Å². The molecule has 25 heavy (non-hydrogen) atoms. The van der Waals surface area contributed by atoms with Gasteiger partial charge in [0.2, 0.25) is 5.91 Å². The molecule has 0 aliphatic carbocycles. The minimum atomic E-state index is -0.300. The van der Waals surface area contributed by atoms with Crippen molar-refractivity contribution in [2.75, 3.05) is 13.1 Å². The fourth-order valence-electron chi connectivity index (χ4n) is 4.01. The number of piperidine rings is 1. The lowest BCUT2D eigenvalue weighted by molar-refractivity contribution is -0.146. The van der Waals surface area contributed by atoms with Crippen molar-refractivity contribution in [2.45, 2.75) is 32.7 Å². The Morgan fingerprint density at radius 2 is 2.04 bits per heavy atom. The van der Waals surface area contributed by atoms with E-state index in [0.29, 0.717) is 29.7 Å². The van der Waals surface area contributed by atoms with Crippen molar-refractivity contribution in [2.24, 2.45) is 11.3 Å². The zero-order valence-electron chi connectivity index (χ0n) is 14.3. The number of hydrogen-bond acceptors (Lipinski definition) is 3. The molecule has 0 bridgehead atoms. The smallest absolute Gasteiger partial charge is 0.274 e. The van der Waals surface area contributed by atoms with Gasteiger partial charge in [0.25, 0.3) is 5.91 Å². The van der Waals surface area contributed by atoms with Crippen LogP contribution in [0.3, 0.4) is 0 Å². The van der Waals surface area contributed by atoms with Crippen LogP contribution in [-0.2, 0) is 4.79 Å². The van der Waals surface area contributed by atoms with E-state index in [1.54, 1.807) is 12.1 Å². The van der Waals surface area contributed by atoms with Crippen molar-refractivity contribution in [3.05, 3.63) is 28.9 Å². The van der Waals surface area contributed by atoms with Crippen LogP contribution in [0.2, 0.25) is 5.02 Å². The molecule has 3 heterocycles. The Labute approximate surface area is 150 Å². The summed E-state index contributed by atoms with van der Waals surface area (Å²) in [4.78, 5) is 26.4. The van der Waals surface area contributed by atoms with Crippen molar-refractivity contribution >= 4 is 34.3 Å². The summed E-state index contributed by atoms with van der Waals surface area (Å²) in [5.74, 6) is 0.474. The first-order valence-electron chi connectivity index (χ1n) is 8.62. The SMILES string of the molecule is CC1(C)C(=O)NC1C1CCN(C(=O)c2n[nH]c3ccc(Cl)cc23)CC1. The van der Waals surface area contributed by atoms with Crippen LogP contribution in [0.4, 0.5) is 0 Å². The van der Waals surface area contributed by atoms with Crippen LogP contribution in [0.5, 0.6) is 0 Å². The van der Waals surface area contributed by atoms with Gasteiger partial charge in [0.1, 0.15) is 0 Å². The predicted molar refractivity (Wildman–Crippen MR) is 95.4 cm³/mol. The monoisotopic (exact) mass is 360 g/mol. The summed E-state index contributed by atoms with van der Waals surface area (Å²) in [6.45, 7) is 5.35. The molecule has 132 valence electrons. The summed E-state index contributed by atoms with van der Waals surface area (Å²) < 4.78 is 0. The molecule has 0 radical (unpaired) electrons. The Morgan fingerprint density at radius 3 is 2.68 bits per heavy atom. The second kappa shape index (κ2) is 5.73. The average Bonchev–Trinajstić information content (AvgIpc) is 3.02. The topological polar surface area (TPSA) is 78.1 Å². The molecule has 6 nitrogen and oxygen atoms in total. The lowest BCUT2D eigenvalue weighted by Crippen LogP contribution is -2.68. The number of hydrogen-bond donors (Lipinski definition) is 2. The van der Waals surface area contributed by atoms with Crippen LogP contribution >= 0.6 is 11.6 Å². The normalized spacial score (nSPS) is 23.4. The molecule has 2 amide bonds. The van der Waals surface area contributed by atoms with Crippen LogP contribution in [-0.4, -0.2) is 46.0 Å². The number of nitrogens with zero attached hydrogens (tertiary/aromatic N) is 2. The van der Waals surface area contributed by atoms with E-state index < -0.39 is 0 Å². The van der Waals surface area contributed by atoms with Crippen LogP contribution in [0.25, 0.3) is 10.9 Å². The third kappa shape index (κ3) is 2.59. The number of fused-ring (bicyclic) bond motifs is 1. The van der Waals surface area contributed by atoms with Crippen molar-refractivity contribution in [1.82, 2.24) is 20.4 Å². The van der Waals surface area contributed by atoms with E-state index in [1.807, 2.05) is 24.8 Å². The first kappa shape index (κ1) is 16.4. The summed E-state index contributed by atoms with van der Waals surface area (Å²) in [6, 6.07) is 5.58. The van der Waals surface area contributed by atoms with E-state index in [-0.39, 0.29) is 23.3 Å². The number of halogens is 1. The number of aromatic amines is 1. The van der Waals surface area contributed by atoms with Gasteiger partial charge in [0, 0.05) is 29.5 Å². The Balaban J connectivity index is 1.46. The van der Waals surface area contributed by atoms with Crippen LogP contribution in [0.15, 0.2) is 18.2 Å². The fourth-order valence-corrected chi connectivity index (χ4v) is 4.19. The molecule has 0 saturated carbocycles. The maximum Gasteiger partial charge on any atom is 0.274 e. The van der Waals surface area contributed by atoms with Gasteiger partial charge in [-0.05, 0) is 50.8 Å². The number of likely N-dealkylation sites (tertiary alicyclic amines) is 1. The van der Waals surface area contributed by atoms with Crippen molar-refractivity contribution in [3.8, 4) is 0 Å². The predicted octanol–water partition coefficient (Wildman–Crippen LogP) is 2.59. The average molecular weight is 361 g/mol. The van der Waals surface area contributed by atoms with Crippen molar-refractivity contribution < 1.29 is 9.59 Å². The zero-order chi connectivity index (χ0) is 17.8. The molecule has 4 rings (SSSR count). The van der Waals surface area contributed by atoms with Gasteiger partial charge >= 0.3 is 0 Å². The fraction of sp³-hybridized carbons (Fsp3) is 0.500. The maximum atomic E-state index is 12.9. The van der Waals surface area contributed by atoms with E-state index in [2.05, 4.69) is 15.5 Å². The maximum absolute atomic E-state index is 12.9. The van der Waals surface area contributed by atoms with Gasteiger partial charge in [0.05, 0.1) is 10.9 Å². The van der Waals surface area contributed by atoms with Crippen molar-refractivity contribution in [3.63, 3.8) is 0 Å². The van der Waals surface area contributed by atoms with E-state index in [0.717, 1.165) is 23.7 Å². The second-order valence-corrected chi connectivity index (χ2v) is 8.00. The summed E-state index contributed by atoms with van der Waals surface area (Å²) in [5, 5.41) is 11.5. The van der Waals surface area contributed by atoms with Gasteiger partial charge in [-0.3, -0.25) is 14.7 Å². The highest BCUT2D eigenvalue weighted by atomic mass is 35.5. The van der Waals surface area contributed by atoms with Gasteiger partial charge < -0.3 is 10.2 Å². The van der Waals surface area contributed by atoms with Gasteiger partial charge in [0.15, 0.2) is 5.69 Å². The molecule has 1 unspecified atom stereocenters. The molecule has 7 heteroatoms. The molecule has 0 spiro atoms. The first-order valence-corrected chi connectivity index (χ1v) is 8.99.